The molecule has 0 saturated heterocycles. The predicted molar refractivity (Wildman–Crippen MR) is 108 cm³/mol. The molecule has 0 spiro atoms. The van der Waals surface area contributed by atoms with Gasteiger partial charge in [0.1, 0.15) is 5.75 Å². The molecular weight excluding hydrogens is 408 g/mol. The predicted octanol–water partition coefficient (Wildman–Crippen LogP) is 2.13. The summed E-state index contributed by atoms with van der Waals surface area (Å²) in [4.78, 5) is 17.6. The number of amides is 1. The first-order valence-electron chi connectivity index (χ1n) is 9.25. The summed E-state index contributed by atoms with van der Waals surface area (Å²) in [5, 5.41) is 3.89. The quantitative estimate of drug-likeness (QED) is 0.640. The van der Waals surface area contributed by atoms with Crippen LogP contribution in [0.15, 0.2) is 51.9 Å². The maximum absolute atomic E-state index is 12.7. The topological polar surface area (TPSA) is 115 Å². The molecule has 1 amide bonds. The highest BCUT2D eigenvalue weighted by Crippen LogP contribution is 2.30. The molecule has 1 aromatic heterocycles. The van der Waals surface area contributed by atoms with E-state index in [9.17, 15) is 13.2 Å². The van der Waals surface area contributed by atoms with Crippen molar-refractivity contribution < 1.29 is 22.5 Å². The fraction of sp³-hybridized carbons (Fsp3) is 0.250. The highest BCUT2D eigenvalue weighted by Gasteiger charge is 2.25. The smallest absolute Gasteiger partial charge is 0.242 e. The Morgan fingerprint density at radius 3 is 2.70 bits per heavy atom. The molecule has 9 nitrogen and oxygen atoms in total. The van der Waals surface area contributed by atoms with Crippen LogP contribution < -0.4 is 14.4 Å². The fourth-order valence-electron chi connectivity index (χ4n) is 3.30. The molecule has 0 atom stereocenters. The third-order valence-electron chi connectivity index (χ3n) is 4.87. The number of aromatic nitrogens is 2. The Morgan fingerprint density at radius 1 is 1.23 bits per heavy atom. The van der Waals surface area contributed by atoms with Crippen LogP contribution in [0.3, 0.4) is 0 Å². The molecule has 1 aliphatic rings. The summed E-state index contributed by atoms with van der Waals surface area (Å²) in [6.45, 7) is 1.91. The molecule has 0 aliphatic carbocycles. The number of carbonyl (C=O) groups is 1. The third-order valence-corrected chi connectivity index (χ3v) is 6.27. The van der Waals surface area contributed by atoms with Crippen molar-refractivity contribution in [2.45, 2.75) is 24.8 Å². The van der Waals surface area contributed by atoms with Crippen molar-refractivity contribution in [2.24, 2.45) is 0 Å². The number of ether oxygens (including phenoxy) is 1. The van der Waals surface area contributed by atoms with E-state index < -0.39 is 10.0 Å². The first kappa shape index (κ1) is 20.0. The number of nitrogens with zero attached hydrogens (tertiary/aromatic N) is 3. The van der Waals surface area contributed by atoms with Crippen molar-refractivity contribution in [1.82, 2.24) is 14.9 Å². The summed E-state index contributed by atoms with van der Waals surface area (Å²) in [5.74, 6) is 1.14. The average Bonchev–Trinajstić information content (AvgIpc) is 3.39. The summed E-state index contributed by atoms with van der Waals surface area (Å²) >= 11 is 0. The highest BCUT2D eigenvalue weighted by molar-refractivity contribution is 7.89. The van der Waals surface area contributed by atoms with Gasteiger partial charge in [0.15, 0.2) is 0 Å². The minimum atomic E-state index is -3.78. The van der Waals surface area contributed by atoms with Crippen LogP contribution in [0.2, 0.25) is 0 Å². The number of fused-ring (bicyclic) bond motifs is 1. The number of hydrogen-bond donors (Lipinski definition) is 1. The van der Waals surface area contributed by atoms with Gasteiger partial charge in [-0.05, 0) is 54.4 Å². The van der Waals surface area contributed by atoms with E-state index in [0.29, 0.717) is 24.5 Å². The largest absolute Gasteiger partial charge is 0.497 e. The number of anilines is 1. The zero-order chi connectivity index (χ0) is 21.3. The summed E-state index contributed by atoms with van der Waals surface area (Å²) < 4.78 is 38.1. The van der Waals surface area contributed by atoms with Crippen molar-refractivity contribution in [2.75, 3.05) is 18.6 Å². The number of benzene rings is 2. The lowest BCUT2D eigenvalue weighted by molar-refractivity contribution is -0.116. The van der Waals surface area contributed by atoms with Crippen molar-refractivity contribution >= 4 is 21.6 Å². The molecule has 0 unspecified atom stereocenters. The van der Waals surface area contributed by atoms with E-state index in [4.69, 9.17) is 9.26 Å². The van der Waals surface area contributed by atoms with Gasteiger partial charge in [0.25, 0.3) is 0 Å². The molecule has 0 saturated carbocycles. The monoisotopic (exact) mass is 428 g/mol. The molecule has 0 bridgehead atoms. The van der Waals surface area contributed by atoms with Gasteiger partial charge in [-0.2, -0.15) is 4.98 Å². The fourth-order valence-corrected chi connectivity index (χ4v) is 4.32. The number of nitrogens with one attached hydrogen (secondary N) is 1. The summed E-state index contributed by atoms with van der Waals surface area (Å²) in [7, 11) is -2.20. The van der Waals surface area contributed by atoms with Gasteiger partial charge in [0.05, 0.1) is 18.6 Å². The Kier molecular flexibility index (Phi) is 5.27. The zero-order valence-corrected chi connectivity index (χ0v) is 17.3. The van der Waals surface area contributed by atoms with Gasteiger partial charge in [-0.25, -0.2) is 13.1 Å². The van der Waals surface area contributed by atoms with Crippen LogP contribution in [0.1, 0.15) is 18.4 Å². The standard InChI is InChI=1S/C20H20N4O5S/c1-13(25)24-10-9-15-11-17(7-8-18(15)24)30(26,27)21-12-19-22-20(23-29-19)14-3-5-16(28-2)6-4-14/h3-8,11,21H,9-10,12H2,1-2H3. The highest BCUT2D eigenvalue weighted by atomic mass is 32.2. The second-order valence-corrected chi connectivity index (χ2v) is 8.54. The van der Waals surface area contributed by atoms with E-state index in [1.165, 1.54) is 13.0 Å². The van der Waals surface area contributed by atoms with Crippen molar-refractivity contribution in [3.05, 3.63) is 53.9 Å². The lowest BCUT2D eigenvalue weighted by atomic mass is 10.2. The average molecular weight is 428 g/mol. The van der Waals surface area contributed by atoms with Gasteiger partial charge in [-0.15, -0.1) is 0 Å². The molecule has 30 heavy (non-hydrogen) atoms. The van der Waals surface area contributed by atoms with E-state index in [1.54, 1.807) is 48.4 Å². The minimum absolute atomic E-state index is 0.0634. The van der Waals surface area contributed by atoms with Crippen molar-refractivity contribution in [1.29, 1.82) is 0 Å². The minimum Gasteiger partial charge on any atom is -0.497 e. The second-order valence-electron chi connectivity index (χ2n) is 6.78. The summed E-state index contributed by atoms with van der Waals surface area (Å²) in [5.41, 5.74) is 2.30. The van der Waals surface area contributed by atoms with E-state index in [-0.39, 0.29) is 23.2 Å². The molecule has 0 fully saturated rings. The maximum Gasteiger partial charge on any atom is 0.242 e. The van der Waals surface area contributed by atoms with Gasteiger partial charge in [-0.1, -0.05) is 5.16 Å². The van der Waals surface area contributed by atoms with E-state index in [1.807, 2.05) is 0 Å². The Bertz CT molecular complexity index is 1190. The Labute approximate surface area is 173 Å². The summed E-state index contributed by atoms with van der Waals surface area (Å²) in [6.07, 6.45) is 0.618. The molecule has 1 aliphatic heterocycles. The number of methoxy groups -OCH3 is 1. The van der Waals surface area contributed by atoms with Gasteiger partial charge < -0.3 is 14.2 Å². The molecule has 2 aromatic carbocycles. The third kappa shape index (κ3) is 3.91. The molecular formula is C20H20N4O5S. The Balaban J connectivity index is 1.46. The van der Waals surface area contributed by atoms with E-state index in [0.717, 1.165) is 16.8 Å². The van der Waals surface area contributed by atoms with E-state index in [2.05, 4.69) is 14.9 Å². The van der Waals surface area contributed by atoms with Gasteiger partial charge >= 0.3 is 0 Å². The molecule has 156 valence electrons. The second kappa shape index (κ2) is 7.88. The molecule has 4 rings (SSSR count). The number of carbonyl (C=O) groups excluding carboxylic acids is 1. The van der Waals surface area contributed by atoms with Crippen molar-refractivity contribution in [3.8, 4) is 17.1 Å². The van der Waals surface area contributed by atoms with Gasteiger partial charge in [0, 0.05) is 24.7 Å². The molecule has 2 heterocycles. The molecule has 3 aromatic rings. The normalized spacial score (nSPS) is 13.3. The molecule has 1 N–H and O–H groups in total. The Morgan fingerprint density at radius 2 is 2.00 bits per heavy atom. The lowest BCUT2D eigenvalue weighted by Crippen LogP contribution is -2.26. The van der Waals surface area contributed by atoms with Crippen LogP contribution in [0.25, 0.3) is 11.4 Å². The van der Waals surface area contributed by atoms with Crippen LogP contribution in [0, 0.1) is 0 Å². The first-order chi connectivity index (χ1) is 14.4. The van der Waals surface area contributed by atoms with E-state index >= 15 is 0 Å². The number of rotatable bonds is 6. The van der Waals surface area contributed by atoms with Gasteiger partial charge in [-0.3, -0.25) is 4.79 Å². The van der Waals surface area contributed by atoms with Crippen LogP contribution in [-0.4, -0.2) is 38.1 Å². The first-order valence-corrected chi connectivity index (χ1v) is 10.7. The van der Waals surface area contributed by atoms with Crippen LogP contribution in [0.5, 0.6) is 5.75 Å². The Hall–Kier alpha value is -3.24. The lowest BCUT2D eigenvalue weighted by Gasteiger charge is -2.14. The molecule has 0 radical (unpaired) electrons. The zero-order valence-electron chi connectivity index (χ0n) is 16.5. The SMILES string of the molecule is COc1ccc(-c2noc(CNS(=O)(=O)c3ccc4c(c3)CCN4C(C)=O)n2)cc1. The number of sulfonamides is 1. The molecule has 10 heteroatoms. The van der Waals surface area contributed by atoms with Gasteiger partial charge in [0.2, 0.25) is 27.6 Å². The number of hydrogen-bond acceptors (Lipinski definition) is 7. The maximum atomic E-state index is 12.7. The van der Waals surface area contributed by atoms with Crippen LogP contribution in [-0.2, 0) is 27.8 Å². The van der Waals surface area contributed by atoms with Crippen LogP contribution >= 0.6 is 0 Å². The van der Waals surface area contributed by atoms with Crippen LogP contribution in [0.4, 0.5) is 5.69 Å². The summed E-state index contributed by atoms with van der Waals surface area (Å²) in [6, 6.07) is 11.9. The van der Waals surface area contributed by atoms with Crippen molar-refractivity contribution in [3.63, 3.8) is 0 Å².